The van der Waals surface area contributed by atoms with Gasteiger partial charge in [0.2, 0.25) is 0 Å². The third kappa shape index (κ3) is 1.78. The Hall–Kier alpha value is -1.70. The molecule has 0 fully saturated rings. The Morgan fingerprint density at radius 2 is 1.10 bits per heavy atom. The SMILES string of the molecule is Cc1oc2c(c1C)c(C)c(C(C)(C)C)c1oc(C)c(C)c12. The highest BCUT2D eigenvalue weighted by atomic mass is 16.3. The summed E-state index contributed by atoms with van der Waals surface area (Å²) in [4.78, 5) is 0. The van der Waals surface area contributed by atoms with Gasteiger partial charge in [0.05, 0.1) is 5.39 Å². The van der Waals surface area contributed by atoms with Crippen LogP contribution in [0.2, 0.25) is 0 Å². The zero-order valence-electron chi connectivity index (χ0n) is 14.3. The van der Waals surface area contributed by atoms with Gasteiger partial charge >= 0.3 is 0 Å². The molecule has 21 heavy (non-hydrogen) atoms. The average Bonchev–Trinajstić information content (AvgIpc) is 2.78. The fourth-order valence-corrected chi connectivity index (χ4v) is 3.53. The number of furan rings is 2. The van der Waals surface area contributed by atoms with E-state index in [1.54, 1.807) is 0 Å². The lowest BCUT2D eigenvalue weighted by atomic mass is 9.81. The highest BCUT2D eigenvalue weighted by Gasteiger charge is 2.28. The van der Waals surface area contributed by atoms with Gasteiger partial charge in [-0.05, 0) is 51.2 Å². The molecule has 0 saturated heterocycles. The number of hydrogen-bond acceptors (Lipinski definition) is 2. The van der Waals surface area contributed by atoms with Crippen molar-refractivity contribution in [1.29, 1.82) is 0 Å². The van der Waals surface area contributed by atoms with Gasteiger partial charge in [-0.3, -0.25) is 0 Å². The highest BCUT2D eigenvalue weighted by Crippen LogP contribution is 2.44. The molecule has 0 bridgehead atoms. The zero-order chi connectivity index (χ0) is 15.7. The maximum atomic E-state index is 6.13. The number of fused-ring (bicyclic) bond motifs is 3. The maximum absolute atomic E-state index is 6.13. The minimum absolute atomic E-state index is 0.0326. The number of hydrogen-bond donors (Lipinski definition) is 0. The smallest absolute Gasteiger partial charge is 0.146 e. The van der Waals surface area contributed by atoms with Gasteiger partial charge < -0.3 is 8.83 Å². The second kappa shape index (κ2) is 4.16. The lowest BCUT2D eigenvalue weighted by Crippen LogP contribution is -2.13. The van der Waals surface area contributed by atoms with Gasteiger partial charge in [0, 0.05) is 16.5 Å². The van der Waals surface area contributed by atoms with E-state index in [2.05, 4.69) is 41.5 Å². The summed E-state index contributed by atoms with van der Waals surface area (Å²) in [6.45, 7) is 17.3. The van der Waals surface area contributed by atoms with E-state index in [4.69, 9.17) is 8.83 Å². The zero-order valence-corrected chi connectivity index (χ0v) is 14.3. The number of benzene rings is 1. The quantitative estimate of drug-likeness (QED) is 0.504. The Morgan fingerprint density at radius 1 is 0.619 bits per heavy atom. The molecule has 112 valence electrons. The van der Waals surface area contributed by atoms with Crippen molar-refractivity contribution in [3.63, 3.8) is 0 Å². The van der Waals surface area contributed by atoms with Crippen molar-refractivity contribution in [2.24, 2.45) is 0 Å². The molecule has 2 nitrogen and oxygen atoms in total. The first kappa shape index (κ1) is 14.2. The molecule has 0 aliphatic heterocycles. The van der Waals surface area contributed by atoms with Crippen molar-refractivity contribution in [3.8, 4) is 0 Å². The minimum Gasteiger partial charge on any atom is -0.461 e. The predicted molar refractivity (Wildman–Crippen MR) is 88.4 cm³/mol. The summed E-state index contributed by atoms with van der Waals surface area (Å²) in [6.07, 6.45) is 0. The van der Waals surface area contributed by atoms with Crippen LogP contribution in [0, 0.1) is 34.6 Å². The summed E-state index contributed by atoms with van der Waals surface area (Å²) in [5, 5.41) is 2.41. The van der Waals surface area contributed by atoms with Crippen LogP contribution in [0.4, 0.5) is 0 Å². The van der Waals surface area contributed by atoms with Gasteiger partial charge in [-0.2, -0.15) is 0 Å². The Bertz CT molecular complexity index is 867. The lowest BCUT2D eigenvalue weighted by Gasteiger charge is -2.22. The fraction of sp³-hybridized carbons (Fsp3) is 0.474. The molecule has 2 heteroatoms. The largest absolute Gasteiger partial charge is 0.461 e. The van der Waals surface area contributed by atoms with Gasteiger partial charge in [0.1, 0.15) is 22.7 Å². The van der Waals surface area contributed by atoms with E-state index in [0.29, 0.717) is 0 Å². The van der Waals surface area contributed by atoms with E-state index in [-0.39, 0.29) is 5.41 Å². The molecule has 0 radical (unpaired) electrons. The number of rotatable bonds is 0. The van der Waals surface area contributed by atoms with E-state index in [0.717, 1.165) is 28.1 Å². The van der Waals surface area contributed by atoms with Crippen molar-refractivity contribution in [2.45, 2.75) is 60.8 Å². The van der Waals surface area contributed by atoms with Gasteiger partial charge in [-0.25, -0.2) is 0 Å². The van der Waals surface area contributed by atoms with Crippen molar-refractivity contribution in [3.05, 3.63) is 33.8 Å². The molecule has 0 spiro atoms. The molecule has 3 rings (SSSR count). The first-order valence-corrected chi connectivity index (χ1v) is 7.57. The maximum Gasteiger partial charge on any atom is 0.146 e. The first-order valence-electron chi connectivity index (χ1n) is 7.57. The summed E-state index contributed by atoms with van der Waals surface area (Å²) < 4.78 is 12.2. The molecule has 0 unspecified atom stereocenters. The standard InChI is InChI=1S/C19H24O2/c1-9-12(4)20-17-14(9)11(3)16(19(6,7)8)18-15(17)10(2)13(5)21-18/h1-8H3. The second-order valence-corrected chi connectivity index (χ2v) is 7.22. The molecule has 0 aliphatic carbocycles. The van der Waals surface area contributed by atoms with Crippen LogP contribution in [0.3, 0.4) is 0 Å². The van der Waals surface area contributed by atoms with E-state index < -0.39 is 0 Å². The van der Waals surface area contributed by atoms with E-state index in [9.17, 15) is 0 Å². The van der Waals surface area contributed by atoms with Gasteiger partial charge in [0.25, 0.3) is 0 Å². The summed E-state index contributed by atoms with van der Waals surface area (Å²) in [5.74, 6) is 1.98. The van der Waals surface area contributed by atoms with Crippen LogP contribution >= 0.6 is 0 Å². The van der Waals surface area contributed by atoms with Crippen LogP contribution in [0.25, 0.3) is 21.9 Å². The van der Waals surface area contributed by atoms with Gasteiger partial charge in [-0.15, -0.1) is 0 Å². The monoisotopic (exact) mass is 284 g/mol. The Kier molecular flexibility index (Phi) is 2.82. The molecule has 0 N–H and O–H groups in total. The summed E-state index contributed by atoms with van der Waals surface area (Å²) in [5.41, 5.74) is 7.03. The third-order valence-electron chi connectivity index (χ3n) is 4.72. The van der Waals surface area contributed by atoms with E-state index in [1.165, 1.54) is 27.6 Å². The van der Waals surface area contributed by atoms with Crippen LogP contribution in [0.5, 0.6) is 0 Å². The fourth-order valence-electron chi connectivity index (χ4n) is 3.53. The summed E-state index contributed by atoms with van der Waals surface area (Å²) in [6, 6.07) is 0. The molecule has 3 aromatic rings. The molecular formula is C19H24O2. The summed E-state index contributed by atoms with van der Waals surface area (Å²) in [7, 11) is 0. The van der Waals surface area contributed by atoms with Crippen molar-refractivity contribution in [2.75, 3.05) is 0 Å². The Labute approximate surface area is 126 Å². The molecule has 0 aliphatic rings. The van der Waals surface area contributed by atoms with Crippen molar-refractivity contribution in [1.82, 2.24) is 0 Å². The molecule has 2 heterocycles. The predicted octanol–water partition coefficient (Wildman–Crippen LogP) is 6.02. The molecular weight excluding hydrogens is 260 g/mol. The Balaban J connectivity index is 2.71. The van der Waals surface area contributed by atoms with Crippen LogP contribution in [-0.4, -0.2) is 0 Å². The number of aryl methyl sites for hydroxylation is 5. The average molecular weight is 284 g/mol. The van der Waals surface area contributed by atoms with Crippen LogP contribution in [0.15, 0.2) is 8.83 Å². The molecule has 0 amide bonds. The van der Waals surface area contributed by atoms with Crippen LogP contribution < -0.4 is 0 Å². The van der Waals surface area contributed by atoms with Crippen molar-refractivity contribution < 1.29 is 8.83 Å². The second-order valence-electron chi connectivity index (χ2n) is 7.22. The topological polar surface area (TPSA) is 26.3 Å². The Morgan fingerprint density at radius 3 is 1.62 bits per heavy atom. The van der Waals surface area contributed by atoms with Crippen LogP contribution in [-0.2, 0) is 5.41 Å². The molecule has 2 aromatic heterocycles. The van der Waals surface area contributed by atoms with E-state index >= 15 is 0 Å². The molecule has 0 saturated carbocycles. The summed E-state index contributed by atoms with van der Waals surface area (Å²) >= 11 is 0. The van der Waals surface area contributed by atoms with Gasteiger partial charge in [-0.1, -0.05) is 20.8 Å². The minimum atomic E-state index is 0.0326. The van der Waals surface area contributed by atoms with Gasteiger partial charge in [0.15, 0.2) is 0 Å². The third-order valence-corrected chi connectivity index (χ3v) is 4.72. The first-order chi connectivity index (χ1) is 9.64. The highest BCUT2D eigenvalue weighted by molar-refractivity contribution is 6.09. The van der Waals surface area contributed by atoms with Crippen molar-refractivity contribution >= 4 is 21.9 Å². The normalized spacial score (nSPS) is 12.8. The van der Waals surface area contributed by atoms with Crippen LogP contribution in [0.1, 0.15) is 54.5 Å². The molecule has 0 atom stereocenters. The lowest BCUT2D eigenvalue weighted by molar-refractivity contribution is 0.538. The van der Waals surface area contributed by atoms with E-state index in [1.807, 2.05) is 13.8 Å². The molecule has 1 aromatic carbocycles.